The fourth-order valence-corrected chi connectivity index (χ4v) is 1.93. The summed E-state index contributed by atoms with van der Waals surface area (Å²) in [6.07, 6.45) is 3.39. The Kier molecular flexibility index (Phi) is 3.93. The van der Waals surface area contributed by atoms with Crippen LogP contribution in [0, 0.1) is 0 Å². The van der Waals surface area contributed by atoms with E-state index >= 15 is 0 Å². The molecule has 0 atom stereocenters. The van der Waals surface area contributed by atoms with Gasteiger partial charge < -0.3 is 15.8 Å². The van der Waals surface area contributed by atoms with Crippen molar-refractivity contribution in [2.45, 2.75) is 24.8 Å². The molecule has 0 bridgehead atoms. The van der Waals surface area contributed by atoms with Crippen LogP contribution in [0.4, 0.5) is 0 Å². The summed E-state index contributed by atoms with van der Waals surface area (Å²) in [7, 11) is 1.81. The van der Waals surface area contributed by atoms with Gasteiger partial charge in [0.15, 0.2) is 5.82 Å². The molecule has 1 saturated heterocycles. The summed E-state index contributed by atoms with van der Waals surface area (Å²) >= 11 is 0. The van der Waals surface area contributed by atoms with Gasteiger partial charge >= 0.3 is 0 Å². The van der Waals surface area contributed by atoms with Crippen LogP contribution in [0.3, 0.4) is 0 Å². The number of aromatic nitrogens is 3. The number of carbonyl (C=O) groups excluding carboxylic acids is 1. The first kappa shape index (κ1) is 13.0. The molecule has 1 aliphatic rings. The van der Waals surface area contributed by atoms with Gasteiger partial charge in [-0.25, -0.2) is 4.98 Å². The summed E-state index contributed by atoms with van der Waals surface area (Å²) in [6.45, 7) is 1.60. The Balaban J connectivity index is 1.77. The van der Waals surface area contributed by atoms with Gasteiger partial charge in [-0.3, -0.25) is 9.48 Å². The number of nitrogens with one attached hydrogen (secondary N) is 1. The molecule has 1 aromatic heterocycles. The lowest BCUT2D eigenvalue weighted by molar-refractivity contribution is -0.129. The van der Waals surface area contributed by atoms with Crippen LogP contribution in [0.25, 0.3) is 0 Å². The standard InChI is InChI=1S/C11H19N5O2/c1-16-8-14-9(15-16)2-5-13-10(17)11(12)3-6-18-7-4-11/h8H,2-7,12H2,1H3,(H,13,17). The van der Waals surface area contributed by atoms with E-state index in [4.69, 9.17) is 10.5 Å². The molecule has 1 fully saturated rings. The molecule has 2 heterocycles. The van der Waals surface area contributed by atoms with E-state index in [0.29, 0.717) is 39.0 Å². The van der Waals surface area contributed by atoms with Crippen LogP contribution >= 0.6 is 0 Å². The first-order chi connectivity index (χ1) is 8.60. The third-order valence-electron chi connectivity index (χ3n) is 3.12. The topological polar surface area (TPSA) is 95.1 Å². The van der Waals surface area contributed by atoms with Crippen LogP contribution in [0.2, 0.25) is 0 Å². The molecule has 1 aliphatic heterocycles. The zero-order valence-electron chi connectivity index (χ0n) is 10.6. The SMILES string of the molecule is Cn1cnc(CCNC(=O)C2(N)CCOCC2)n1. The van der Waals surface area contributed by atoms with E-state index < -0.39 is 5.54 Å². The number of nitrogens with two attached hydrogens (primary N) is 1. The predicted octanol–water partition coefficient (Wildman–Crippen LogP) is -1.02. The van der Waals surface area contributed by atoms with Gasteiger partial charge in [0.05, 0.1) is 5.54 Å². The van der Waals surface area contributed by atoms with Crippen molar-refractivity contribution in [2.24, 2.45) is 12.8 Å². The van der Waals surface area contributed by atoms with Crippen LogP contribution < -0.4 is 11.1 Å². The van der Waals surface area contributed by atoms with E-state index in [1.54, 1.807) is 11.0 Å². The molecule has 0 unspecified atom stereocenters. The summed E-state index contributed by atoms with van der Waals surface area (Å²) in [5.41, 5.74) is 5.28. The average molecular weight is 253 g/mol. The van der Waals surface area contributed by atoms with Crippen molar-refractivity contribution < 1.29 is 9.53 Å². The highest BCUT2D eigenvalue weighted by atomic mass is 16.5. The molecule has 1 aromatic rings. The second-order valence-electron chi connectivity index (χ2n) is 4.61. The molecule has 0 aromatic carbocycles. The van der Waals surface area contributed by atoms with Crippen LogP contribution in [-0.4, -0.2) is 46.0 Å². The number of carbonyl (C=O) groups is 1. The Labute approximate surface area is 106 Å². The minimum Gasteiger partial charge on any atom is -0.381 e. The van der Waals surface area contributed by atoms with Crippen molar-refractivity contribution in [2.75, 3.05) is 19.8 Å². The fraction of sp³-hybridized carbons (Fsp3) is 0.727. The average Bonchev–Trinajstić information content (AvgIpc) is 2.76. The van der Waals surface area contributed by atoms with E-state index in [-0.39, 0.29) is 5.91 Å². The van der Waals surface area contributed by atoms with Crippen LogP contribution in [0.1, 0.15) is 18.7 Å². The van der Waals surface area contributed by atoms with Gasteiger partial charge in [-0.15, -0.1) is 0 Å². The molecule has 3 N–H and O–H groups in total. The first-order valence-electron chi connectivity index (χ1n) is 6.10. The van der Waals surface area contributed by atoms with Crippen molar-refractivity contribution in [1.29, 1.82) is 0 Å². The van der Waals surface area contributed by atoms with Gasteiger partial charge in [-0.1, -0.05) is 0 Å². The maximum Gasteiger partial charge on any atom is 0.240 e. The number of aryl methyl sites for hydroxylation is 1. The Morgan fingerprint density at radius 2 is 2.33 bits per heavy atom. The van der Waals surface area contributed by atoms with E-state index in [1.165, 1.54) is 0 Å². The molecular formula is C11H19N5O2. The summed E-state index contributed by atoms with van der Waals surface area (Å²) in [5.74, 6) is 0.609. The minimum absolute atomic E-state index is 0.110. The number of hydrogen-bond acceptors (Lipinski definition) is 5. The number of ether oxygens (including phenoxy) is 1. The molecule has 0 saturated carbocycles. The van der Waals surface area contributed by atoms with E-state index in [1.807, 2.05) is 7.05 Å². The van der Waals surface area contributed by atoms with Crippen molar-refractivity contribution in [3.8, 4) is 0 Å². The van der Waals surface area contributed by atoms with Crippen molar-refractivity contribution in [1.82, 2.24) is 20.1 Å². The van der Waals surface area contributed by atoms with Gasteiger partial charge in [0, 0.05) is 33.2 Å². The van der Waals surface area contributed by atoms with Crippen molar-refractivity contribution >= 4 is 5.91 Å². The monoisotopic (exact) mass is 253 g/mol. The maximum absolute atomic E-state index is 12.0. The lowest BCUT2D eigenvalue weighted by Crippen LogP contribution is -2.57. The van der Waals surface area contributed by atoms with Crippen LogP contribution in [0.15, 0.2) is 6.33 Å². The second-order valence-corrected chi connectivity index (χ2v) is 4.61. The van der Waals surface area contributed by atoms with Gasteiger partial charge in [-0.2, -0.15) is 5.10 Å². The van der Waals surface area contributed by atoms with Gasteiger partial charge in [-0.05, 0) is 12.8 Å². The molecule has 2 rings (SSSR count). The van der Waals surface area contributed by atoms with Crippen LogP contribution in [0.5, 0.6) is 0 Å². The number of nitrogens with zero attached hydrogens (tertiary/aromatic N) is 3. The fourth-order valence-electron chi connectivity index (χ4n) is 1.93. The molecule has 18 heavy (non-hydrogen) atoms. The highest BCUT2D eigenvalue weighted by Crippen LogP contribution is 2.17. The van der Waals surface area contributed by atoms with Crippen molar-refractivity contribution in [3.05, 3.63) is 12.2 Å². The molecular weight excluding hydrogens is 234 g/mol. The maximum atomic E-state index is 12.0. The summed E-state index contributed by atoms with van der Waals surface area (Å²) in [6, 6.07) is 0. The van der Waals surface area contributed by atoms with E-state index in [2.05, 4.69) is 15.4 Å². The van der Waals surface area contributed by atoms with Gasteiger partial charge in [0.1, 0.15) is 6.33 Å². The predicted molar refractivity (Wildman–Crippen MR) is 64.7 cm³/mol. The Hall–Kier alpha value is -1.47. The number of rotatable bonds is 4. The van der Waals surface area contributed by atoms with Crippen molar-refractivity contribution in [3.63, 3.8) is 0 Å². The highest BCUT2D eigenvalue weighted by Gasteiger charge is 2.35. The summed E-state index contributed by atoms with van der Waals surface area (Å²) in [5, 5.41) is 6.98. The Morgan fingerprint density at radius 1 is 1.61 bits per heavy atom. The van der Waals surface area contributed by atoms with Crippen LogP contribution in [-0.2, 0) is 23.0 Å². The first-order valence-corrected chi connectivity index (χ1v) is 6.10. The molecule has 0 spiro atoms. The zero-order valence-corrected chi connectivity index (χ0v) is 10.6. The normalized spacial score (nSPS) is 18.6. The van der Waals surface area contributed by atoms with E-state index in [9.17, 15) is 4.79 Å². The zero-order chi connectivity index (χ0) is 13.0. The second kappa shape index (κ2) is 5.45. The van der Waals surface area contributed by atoms with Gasteiger partial charge in [0.2, 0.25) is 5.91 Å². The molecule has 1 amide bonds. The van der Waals surface area contributed by atoms with E-state index in [0.717, 1.165) is 5.82 Å². The lowest BCUT2D eigenvalue weighted by atomic mass is 9.90. The summed E-state index contributed by atoms with van der Waals surface area (Å²) < 4.78 is 6.85. The molecule has 0 aliphatic carbocycles. The Morgan fingerprint density at radius 3 is 2.94 bits per heavy atom. The lowest BCUT2D eigenvalue weighted by Gasteiger charge is -2.31. The third-order valence-corrected chi connectivity index (χ3v) is 3.12. The third kappa shape index (κ3) is 3.05. The summed E-state index contributed by atoms with van der Waals surface area (Å²) in [4.78, 5) is 16.1. The largest absolute Gasteiger partial charge is 0.381 e. The Bertz CT molecular complexity index is 411. The smallest absolute Gasteiger partial charge is 0.240 e. The molecule has 100 valence electrons. The van der Waals surface area contributed by atoms with Gasteiger partial charge in [0.25, 0.3) is 0 Å². The number of amides is 1. The molecule has 7 heteroatoms. The number of hydrogen-bond donors (Lipinski definition) is 2. The quantitative estimate of drug-likeness (QED) is 0.716. The highest BCUT2D eigenvalue weighted by molar-refractivity contribution is 5.86. The minimum atomic E-state index is -0.782. The molecule has 7 nitrogen and oxygen atoms in total. The molecule has 0 radical (unpaired) electrons.